The highest BCUT2D eigenvalue weighted by atomic mass is 16.5. The summed E-state index contributed by atoms with van der Waals surface area (Å²) in [5.74, 6) is 0.655. The Morgan fingerprint density at radius 3 is 2.24 bits per heavy atom. The minimum atomic E-state index is -0.396. The number of hydrogen-bond donors (Lipinski definition) is 1. The highest BCUT2D eigenvalue weighted by Crippen LogP contribution is 2.35. The van der Waals surface area contributed by atoms with Gasteiger partial charge in [0, 0.05) is 18.7 Å². The standard InChI is InChI=1S/C24H30N2O3/c1-15(2)18-9-8-10-19(16(3)4)23(18)25-24(28)17-13-22(27)26(14-17)20-11-6-7-12-21(20)29-5/h6-12,15-17H,13-14H2,1-5H3,(H,25,28)/t17-/m0/s1. The molecule has 0 aliphatic carbocycles. The minimum Gasteiger partial charge on any atom is -0.495 e. The summed E-state index contributed by atoms with van der Waals surface area (Å²) in [5, 5.41) is 3.16. The Labute approximate surface area is 173 Å². The van der Waals surface area contributed by atoms with Gasteiger partial charge in [0.25, 0.3) is 0 Å². The molecule has 2 aromatic carbocycles. The van der Waals surface area contributed by atoms with Crippen LogP contribution in [0.2, 0.25) is 0 Å². The SMILES string of the molecule is COc1ccccc1N1C[C@@H](C(=O)Nc2c(C(C)C)cccc2C(C)C)CC1=O. The Morgan fingerprint density at radius 2 is 1.66 bits per heavy atom. The molecular weight excluding hydrogens is 364 g/mol. The number of nitrogens with zero attached hydrogens (tertiary/aromatic N) is 1. The third-order valence-corrected chi connectivity index (χ3v) is 5.49. The van der Waals surface area contributed by atoms with Crippen LogP contribution in [0.4, 0.5) is 11.4 Å². The van der Waals surface area contributed by atoms with Gasteiger partial charge in [-0.25, -0.2) is 0 Å². The first-order chi connectivity index (χ1) is 13.8. The lowest BCUT2D eigenvalue weighted by atomic mass is 9.92. The lowest BCUT2D eigenvalue weighted by Crippen LogP contribution is -2.29. The van der Waals surface area contributed by atoms with E-state index in [1.165, 1.54) is 0 Å². The van der Waals surface area contributed by atoms with Gasteiger partial charge in [-0.15, -0.1) is 0 Å². The third kappa shape index (κ3) is 4.29. The molecule has 1 aliphatic heterocycles. The Hall–Kier alpha value is -2.82. The average Bonchev–Trinajstić information content (AvgIpc) is 3.09. The zero-order chi connectivity index (χ0) is 21.1. The normalized spacial score (nSPS) is 16.6. The molecule has 1 N–H and O–H groups in total. The van der Waals surface area contributed by atoms with Gasteiger partial charge in [-0.3, -0.25) is 9.59 Å². The largest absolute Gasteiger partial charge is 0.495 e. The molecule has 1 aliphatic rings. The maximum Gasteiger partial charge on any atom is 0.229 e. The van der Waals surface area contributed by atoms with Crippen LogP contribution in [-0.4, -0.2) is 25.5 Å². The van der Waals surface area contributed by atoms with Crippen LogP contribution in [-0.2, 0) is 9.59 Å². The molecule has 0 aromatic heterocycles. The van der Waals surface area contributed by atoms with E-state index in [1.54, 1.807) is 12.0 Å². The van der Waals surface area contributed by atoms with E-state index in [4.69, 9.17) is 4.74 Å². The molecule has 3 rings (SSSR count). The number of rotatable bonds is 6. The van der Waals surface area contributed by atoms with Gasteiger partial charge in [-0.1, -0.05) is 58.0 Å². The summed E-state index contributed by atoms with van der Waals surface area (Å²) in [6.45, 7) is 8.84. The highest BCUT2D eigenvalue weighted by molar-refractivity contribution is 6.04. The maximum atomic E-state index is 13.1. The maximum absolute atomic E-state index is 13.1. The number of carbonyl (C=O) groups excluding carboxylic acids is 2. The fourth-order valence-electron chi connectivity index (χ4n) is 3.89. The van der Waals surface area contributed by atoms with Gasteiger partial charge < -0.3 is 15.0 Å². The van der Waals surface area contributed by atoms with Crippen molar-refractivity contribution in [2.75, 3.05) is 23.9 Å². The van der Waals surface area contributed by atoms with E-state index in [1.807, 2.05) is 30.3 Å². The fraction of sp³-hybridized carbons (Fsp3) is 0.417. The van der Waals surface area contributed by atoms with E-state index < -0.39 is 5.92 Å². The first-order valence-corrected chi connectivity index (χ1v) is 10.2. The Morgan fingerprint density at radius 1 is 1.03 bits per heavy atom. The minimum absolute atomic E-state index is 0.0594. The van der Waals surface area contributed by atoms with Gasteiger partial charge in [0.05, 0.1) is 18.7 Å². The molecule has 1 fully saturated rings. The van der Waals surface area contributed by atoms with Crippen molar-refractivity contribution in [2.45, 2.75) is 46.0 Å². The molecule has 0 bridgehead atoms. The molecule has 1 heterocycles. The van der Waals surface area contributed by atoms with Crippen LogP contribution in [0.5, 0.6) is 5.75 Å². The number of anilines is 2. The number of carbonyl (C=O) groups is 2. The summed E-state index contributed by atoms with van der Waals surface area (Å²) in [7, 11) is 1.58. The second-order valence-corrected chi connectivity index (χ2v) is 8.19. The Bertz CT molecular complexity index is 878. The van der Waals surface area contributed by atoms with E-state index in [2.05, 4.69) is 45.1 Å². The van der Waals surface area contributed by atoms with Crippen molar-refractivity contribution in [1.82, 2.24) is 0 Å². The van der Waals surface area contributed by atoms with Crippen LogP contribution in [0.3, 0.4) is 0 Å². The van der Waals surface area contributed by atoms with Crippen molar-refractivity contribution in [1.29, 1.82) is 0 Å². The van der Waals surface area contributed by atoms with Crippen LogP contribution in [0, 0.1) is 5.92 Å². The van der Waals surface area contributed by atoms with E-state index >= 15 is 0 Å². The number of methoxy groups -OCH3 is 1. The smallest absolute Gasteiger partial charge is 0.229 e. The van der Waals surface area contributed by atoms with Crippen molar-refractivity contribution in [3.63, 3.8) is 0 Å². The molecule has 0 unspecified atom stereocenters. The monoisotopic (exact) mass is 394 g/mol. The van der Waals surface area contributed by atoms with E-state index in [-0.39, 0.29) is 18.2 Å². The molecule has 0 saturated carbocycles. The summed E-state index contributed by atoms with van der Waals surface area (Å²) in [6.07, 6.45) is 0.199. The van der Waals surface area contributed by atoms with Gasteiger partial charge in [0.15, 0.2) is 0 Å². The molecule has 1 atom stereocenters. The summed E-state index contributed by atoms with van der Waals surface area (Å²) < 4.78 is 5.39. The quantitative estimate of drug-likeness (QED) is 0.755. The summed E-state index contributed by atoms with van der Waals surface area (Å²) in [6, 6.07) is 13.6. The molecule has 1 saturated heterocycles. The van der Waals surface area contributed by atoms with Crippen LogP contribution in [0.15, 0.2) is 42.5 Å². The van der Waals surface area contributed by atoms with E-state index in [0.29, 0.717) is 29.8 Å². The number of para-hydroxylation sites is 3. The summed E-state index contributed by atoms with van der Waals surface area (Å²) in [5.41, 5.74) is 3.84. The summed E-state index contributed by atoms with van der Waals surface area (Å²) in [4.78, 5) is 27.4. The van der Waals surface area contributed by atoms with Gasteiger partial charge in [0.1, 0.15) is 5.75 Å². The molecule has 5 heteroatoms. The Kier molecular flexibility index (Phi) is 6.26. The van der Waals surface area contributed by atoms with Crippen molar-refractivity contribution < 1.29 is 14.3 Å². The van der Waals surface area contributed by atoms with Crippen LogP contribution in [0.1, 0.15) is 57.1 Å². The van der Waals surface area contributed by atoms with Gasteiger partial charge >= 0.3 is 0 Å². The number of nitrogens with one attached hydrogen (secondary N) is 1. The lowest BCUT2D eigenvalue weighted by Gasteiger charge is -2.22. The number of ether oxygens (including phenoxy) is 1. The molecule has 2 amide bonds. The lowest BCUT2D eigenvalue weighted by molar-refractivity contribution is -0.122. The number of hydrogen-bond acceptors (Lipinski definition) is 3. The van der Waals surface area contributed by atoms with Crippen molar-refractivity contribution in [2.24, 2.45) is 5.92 Å². The van der Waals surface area contributed by atoms with Gasteiger partial charge in [-0.05, 0) is 35.1 Å². The summed E-state index contributed by atoms with van der Waals surface area (Å²) >= 11 is 0. The second-order valence-electron chi connectivity index (χ2n) is 8.19. The van der Waals surface area contributed by atoms with Gasteiger partial charge in [-0.2, -0.15) is 0 Å². The number of amides is 2. The average molecular weight is 395 g/mol. The molecule has 5 nitrogen and oxygen atoms in total. The van der Waals surface area contributed by atoms with Crippen molar-refractivity contribution >= 4 is 23.2 Å². The van der Waals surface area contributed by atoms with Gasteiger partial charge in [0.2, 0.25) is 11.8 Å². The molecule has 0 spiro atoms. The van der Waals surface area contributed by atoms with Crippen molar-refractivity contribution in [3.05, 3.63) is 53.6 Å². The predicted octanol–water partition coefficient (Wildman–Crippen LogP) is 4.93. The topological polar surface area (TPSA) is 58.6 Å². The van der Waals surface area contributed by atoms with Crippen LogP contribution in [0.25, 0.3) is 0 Å². The third-order valence-electron chi connectivity index (χ3n) is 5.49. The number of benzene rings is 2. The highest BCUT2D eigenvalue weighted by Gasteiger charge is 2.36. The van der Waals surface area contributed by atoms with E-state index in [9.17, 15) is 9.59 Å². The molecule has 2 aromatic rings. The first kappa shape index (κ1) is 20.9. The molecule has 29 heavy (non-hydrogen) atoms. The van der Waals surface area contributed by atoms with Crippen LogP contribution >= 0.6 is 0 Å². The second kappa shape index (κ2) is 8.68. The van der Waals surface area contributed by atoms with Crippen molar-refractivity contribution in [3.8, 4) is 5.75 Å². The zero-order valence-electron chi connectivity index (χ0n) is 17.9. The molecular formula is C24H30N2O3. The first-order valence-electron chi connectivity index (χ1n) is 10.2. The van der Waals surface area contributed by atoms with E-state index in [0.717, 1.165) is 16.8 Å². The molecule has 154 valence electrons. The van der Waals surface area contributed by atoms with Crippen LogP contribution < -0.4 is 15.0 Å². The predicted molar refractivity (Wildman–Crippen MR) is 117 cm³/mol. The zero-order valence-corrected chi connectivity index (χ0v) is 17.9. The Balaban J connectivity index is 1.84. The fourth-order valence-corrected chi connectivity index (χ4v) is 3.89. The molecule has 0 radical (unpaired) electrons.